The van der Waals surface area contributed by atoms with Gasteiger partial charge in [0.25, 0.3) is 0 Å². The zero-order valence-corrected chi connectivity index (χ0v) is 15.6. The Morgan fingerprint density at radius 1 is 0.839 bits per heavy atom. The van der Waals surface area contributed by atoms with Crippen LogP contribution in [0.4, 0.5) is 38.0 Å². The molecule has 0 aliphatic rings. The van der Waals surface area contributed by atoms with E-state index in [1.807, 2.05) is 0 Å². The van der Waals surface area contributed by atoms with Gasteiger partial charge in [-0.2, -0.15) is 41.3 Å². The van der Waals surface area contributed by atoms with Crippen LogP contribution in [0.25, 0.3) is 12.2 Å². The molecule has 1 aromatic heterocycles. The molecular formula is C20H14F6N4O. The highest BCUT2D eigenvalue weighted by Crippen LogP contribution is 2.31. The molecule has 0 amide bonds. The minimum Gasteiger partial charge on any atom is -0.454 e. The number of anilines is 2. The summed E-state index contributed by atoms with van der Waals surface area (Å²) < 4.78 is 80.7. The number of nitrogens with one attached hydrogen (secondary N) is 1. The SMILES string of the molecule is FC(F)(F)COc1nc(/C=C/c2ccccc2)nc(Nc2cccc(C(F)(F)F)c2)n1. The minimum absolute atomic E-state index is 0.0132. The first-order valence-corrected chi connectivity index (χ1v) is 8.71. The van der Waals surface area contributed by atoms with Crippen LogP contribution in [0.1, 0.15) is 17.0 Å². The van der Waals surface area contributed by atoms with Crippen molar-refractivity contribution in [1.82, 2.24) is 15.0 Å². The summed E-state index contributed by atoms with van der Waals surface area (Å²) in [6.07, 6.45) is -6.17. The fraction of sp³-hybridized carbons (Fsp3) is 0.150. The quantitative estimate of drug-likeness (QED) is 0.495. The summed E-state index contributed by atoms with van der Waals surface area (Å²) in [7, 11) is 0. The molecular weight excluding hydrogens is 426 g/mol. The van der Waals surface area contributed by atoms with Crippen LogP contribution in [0.5, 0.6) is 6.01 Å². The normalized spacial score (nSPS) is 12.2. The van der Waals surface area contributed by atoms with Crippen molar-refractivity contribution in [3.8, 4) is 6.01 Å². The molecule has 2 aromatic carbocycles. The maximum absolute atomic E-state index is 12.9. The van der Waals surface area contributed by atoms with Gasteiger partial charge in [0, 0.05) is 5.69 Å². The summed E-state index contributed by atoms with van der Waals surface area (Å²) in [6.45, 7) is -1.64. The summed E-state index contributed by atoms with van der Waals surface area (Å²) in [6, 6.07) is 12.5. The van der Waals surface area contributed by atoms with Crippen molar-refractivity contribution in [2.45, 2.75) is 12.4 Å². The molecule has 0 bridgehead atoms. The van der Waals surface area contributed by atoms with Crippen LogP contribution in [-0.4, -0.2) is 27.7 Å². The smallest absolute Gasteiger partial charge is 0.422 e. The molecule has 162 valence electrons. The molecule has 0 saturated carbocycles. The number of benzene rings is 2. The lowest BCUT2D eigenvalue weighted by atomic mass is 10.2. The van der Waals surface area contributed by atoms with Crippen molar-refractivity contribution >= 4 is 23.8 Å². The van der Waals surface area contributed by atoms with Gasteiger partial charge < -0.3 is 10.1 Å². The summed E-state index contributed by atoms with van der Waals surface area (Å²) in [5, 5.41) is 2.54. The molecule has 31 heavy (non-hydrogen) atoms. The molecule has 1 N–H and O–H groups in total. The number of aromatic nitrogens is 3. The molecule has 0 aliphatic heterocycles. The van der Waals surface area contributed by atoms with Crippen LogP contribution in [-0.2, 0) is 6.18 Å². The number of rotatable bonds is 6. The lowest BCUT2D eigenvalue weighted by Gasteiger charge is -2.11. The van der Waals surface area contributed by atoms with E-state index < -0.39 is 30.5 Å². The molecule has 0 atom stereocenters. The molecule has 3 aromatic rings. The minimum atomic E-state index is -4.62. The third-order valence-electron chi connectivity index (χ3n) is 3.67. The summed E-state index contributed by atoms with van der Waals surface area (Å²) in [4.78, 5) is 11.5. The van der Waals surface area contributed by atoms with E-state index in [9.17, 15) is 26.3 Å². The van der Waals surface area contributed by atoms with Gasteiger partial charge >= 0.3 is 18.4 Å². The third kappa shape index (κ3) is 6.98. The Morgan fingerprint density at radius 2 is 1.58 bits per heavy atom. The Bertz CT molecular complexity index is 1050. The van der Waals surface area contributed by atoms with Crippen LogP contribution >= 0.6 is 0 Å². The van der Waals surface area contributed by atoms with Gasteiger partial charge in [0.15, 0.2) is 12.4 Å². The number of ether oxygens (including phenoxy) is 1. The number of nitrogens with zero attached hydrogens (tertiary/aromatic N) is 3. The standard InChI is InChI=1S/C20H14F6N4O/c21-19(22,23)12-31-18-29-16(10-9-13-5-2-1-3-6-13)28-17(30-18)27-15-8-4-7-14(11-15)20(24,25)26/h1-11H,12H2,(H,27,28,29,30)/b10-9+. The molecule has 11 heteroatoms. The first kappa shape index (κ1) is 22.1. The zero-order chi connectivity index (χ0) is 22.5. The van der Waals surface area contributed by atoms with Crippen molar-refractivity contribution in [1.29, 1.82) is 0 Å². The van der Waals surface area contributed by atoms with Crippen LogP contribution in [0.3, 0.4) is 0 Å². The Morgan fingerprint density at radius 3 is 2.26 bits per heavy atom. The van der Waals surface area contributed by atoms with E-state index in [1.54, 1.807) is 36.4 Å². The average Bonchev–Trinajstić information content (AvgIpc) is 2.71. The molecule has 0 aliphatic carbocycles. The highest BCUT2D eigenvalue weighted by molar-refractivity contribution is 5.67. The maximum atomic E-state index is 12.9. The van der Waals surface area contributed by atoms with E-state index in [-0.39, 0.29) is 17.5 Å². The number of alkyl halides is 6. The molecule has 0 radical (unpaired) electrons. The van der Waals surface area contributed by atoms with Gasteiger partial charge in [-0.05, 0) is 29.8 Å². The topological polar surface area (TPSA) is 59.9 Å². The van der Waals surface area contributed by atoms with Gasteiger partial charge in [-0.3, -0.25) is 0 Å². The Balaban J connectivity index is 1.90. The van der Waals surface area contributed by atoms with E-state index in [0.29, 0.717) is 0 Å². The second-order valence-corrected chi connectivity index (χ2v) is 6.15. The zero-order valence-electron chi connectivity index (χ0n) is 15.6. The van der Waals surface area contributed by atoms with Crippen molar-refractivity contribution < 1.29 is 31.1 Å². The molecule has 0 unspecified atom stereocenters. The van der Waals surface area contributed by atoms with Gasteiger partial charge in [-0.15, -0.1) is 0 Å². The highest BCUT2D eigenvalue weighted by Gasteiger charge is 2.31. The summed E-state index contributed by atoms with van der Waals surface area (Å²) in [5.74, 6) is -0.329. The van der Waals surface area contributed by atoms with E-state index in [0.717, 1.165) is 17.7 Å². The van der Waals surface area contributed by atoms with Gasteiger partial charge in [0.1, 0.15) is 0 Å². The van der Waals surface area contributed by atoms with Gasteiger partial charge in [-0.25, -0.2) is 0 Å². The number of halogens is 6. The molecule has 0 saturated heterocycles. The van der Waals surface area contributed by atoms with Gasteiger partial charge in [0.05, 0.1) is 5.56 Å². The van der Waals surface area contributed by atoms with Crippen LogP contribution in [0.2, 0.25) is 0 Å². The second kappa shape index (κ2) is 9.02. The number of hydrogen-bond donors (Lipinski definition) is 1. The number of hydrogen-bond acceptors (Lipinski definition) is 5. The summed E-state index contributed by atoms with van der Waals surface area (Å²) >= 11 is 0. The van der Waals surface area contributed by atoms with E-state index in [2.05, 4.69) is 25.0 Å². The van der Waals surface area contributed by atoms with Crippen molar-refractivity contribution in [3.63, 3.8) is 0 Å². The second-order valence-electron chi connectivity index (χ2n) is 6.15. The van der Waals surface area contributed by atoms with Crippen LogP contribution in [0, 0.1) is 0 Å². The Labute approximate surface area is 172 Å². The first-order valence-electron chi connectivity index (χ1n) is 8.71. The van der Waals surface area contributed by atoms with E-state index in [4.69, 9.17) is 0 Å². The predicted octanol–water partition coefficient (Wildman–Crippen LogP) is 5.75. The fourth-order valence-electron chi connectivity index (χ4n) is 2.35. The third-order valence-corrected chi connectivity index (χ3v) is 3.67. The monoisotopic (exact) mass is 440 g/mol. The van der Waals surface area contributed by atoms with Gasteiger partial charge in [0.2, 0.25) is 5.95 Å². The maximum Gasteiger partial charge on any atom is 0.422 e. The molecule has 5 nitrogen and oxygen atoms in total. The Kier molecular flexibility index (Phi) is 6.42. The van der Waals surface area contributed by atoms with E-state index >= 15 is 0 Å². The molecule has 0 spiro atoms. The van der Waals surface area contributed by atoms with Crippen LogP contribution in [0.15, 0.2) is 54.6 Å². The van der Waals surface area contributed by atoms with Crippen molar-refractivity contribution in [3.05, 3.63) is 71.5 Å². The Hall–Kier alpha value is -3.63. The van der Waals surface area contributed by atoms with Crippen LogP contribution < -0.4 is 10.1 Å². The lowest BCUT2D eigenvalue weighted by molar-refractivity contribution is -0.154. The van der Waals surface area contributed by atoms with Gasteiger partial charge in [-0.1, -0.05) is 42.5 Å². The fourth-order valence-corrected chi connectivity index (χ4v) is 2.35. The summed E-state index contributed by atoms with van der Waals surface area (Å²) in [5.41, 5.74) is -0.154. The largest absolute Gasteiger partial charge is 0.454 e. The van der Waals surface area contributed by atoms with Crippen molar-refractivity contribution in [2.75, 3.05) is 11.9 Å². The van der Waals surface area contributed by atoms with Crippen molar-refractivity contribution in [2.24, 2.45) is 0 Å². The molecule has 3 rings (SSSR count). The lowest BCUT2D eigenvalue weighted by Crippen LogP contribution is -2.20. The first-order chi connectivity index (χ1) is 14.6. The molecule has 0 fully saturated rings. The average molecular weight is 440 g/mol. The predicted molar refractivity (Wildman–Crippen MR) is 101 cm³/mol. The molecule has 1 heterocycles. The highest BCUT2D eigenvalue weighted by atomic mass is 19.4. The van der Waals surface area contributed by atoms with E-state index in [1.165, 1.54) is 18.2 Å².